The third-order valence-electron chi connectivity index (χ3n) is 5.20. The molecule has 0 aromatic carbocycles. The van der Waals surface area contributed by atoms with Gasteiger partial charge in [0, 0.05) is 37.6 Å². The number of amides is 2. The number of pyridine rings is 1. The number of halogens is 1. The molecule has 0 saturated carbocycles. The summed E-state index contributed by atoms with van der Waals surface area (Å²) in [7, 11) is 0. The van der Waals surface area contributed by atoms with Gasteiger partial charge in [0.1, 0.15) is 17.0 Å². The molecule has 11 heteroatoms. The molecule has 0 radical (unpaired) electrons. The van der Waals surface area contributed by atoms with Crippen LogP contribution in [0.2, 0.25) is 0 Å². The van der Waals surface area contributed by atoms with E-state index in [0.717, 1.165) is 34.9 Å². The number of aromatic nitrogens is 3. The normalized spacial score (nSPS) is 16.6. The number of nitrogens with one attached hydrogen (secondary N) is 3. The Hall–Kier alpha value is -3.08. The minimum atomic E-state index is -0.556. The number of carbonyl (C=O) groups is 2. The van der Waals surface area contributed by atoms with Crippen LogP contribution in [0.3, 0.4) is 0 Å². The standard InChI is InChI=1S/C22H27BrN6O4/c1-12-8-15(28-33-12)20(30)27-16-10-25-19-17(16)18(14(23)9-24-19)29-7-5-6-13(11-29)26-21(31)32-22(2,3)4/h8-10,13H,5-7,11H2,1-4H3,(H,24,25)(H,26,31)(H,27,30)/t13-/m1/s1. The van der Waals surface area contributed by atoms with Crippen LogP contribution in [-0.4, -0.2) is 51.9 Å². The molecule has 0 spiro atoms. The van der Waals surface area contributed by atoms with Gasteiger partial charge in [-0.3, -0.25) is 4.79 Å². The maximum atomic E-state index is 12.7. The Morgan fingerprint density at radius 3 is 2.85 bits per heavy atom. The van der Waals surface area contributed by atoms with Gasteiger partial charge in [0.05, 0.1) is 21.2 Å². The van der Waals surface area contributed by atoms with E-state index in [-0.39, 0.29) is 17.6 Å². The summed E-state index contributed by atoms with van der Waals surface area (Å²) in [5, 5.41) is 10.4. The zero-order chi connectivity index (χ0) is 23.8. The number of aromatic amines is 1. The molecule has 1 aliphatic heterocycles. The summed E-state index contributed by atoms with van der Waals surface area (Å²) in [5.74, 6) is 0.183. The van der Waals surface area contributed by atoms with E-state index in [2.05, 4.69) is 46.6 Å². The molecule has 1 aliphatic rings. The summed E-state index contributed by atoms with van der Waals surface area (Å²) in [6, 6.07) is 1.51. The second-order valence-corrected chi connectivity index (χ2v) is 9.94. The molecule has 3 aromatic rings. The molecule has 3 aromatic heterocycles. The van der Waals surface area contributed by atoms with Gasteiger partial charge in [-0.05, 0) is 56.5 Å². The lowest BCUT2D eigenvalue weighted by atomic mass is 10.0. The molecular formula is C22H27BrN6O4. The Kier molecular flexibility index (Phi) is 6.33. The van der Waals surface area contributed by atoms with Gasteiger partial charge in [-0.1, -0.05) is 5.16 Å². The van der Waals surface area contributed by atoms with Gasteiger partial charge >= 0.3 is 6.09 Å². The van der Waals surface area contributed by atoms with Crippen molar-refractivity contribution in [2.75, 3.05) is 23.3 Å². The molecule has 3 N–H and O–H groups in total. The molecule has 4 rings (SSSR count). The Morgan fingerprint density at radius 2 is 2.15 bits per heavy atom. The predicted molar refractivity (Wildman–Crippen MR) is 128 cm³/mol. The van der Waals surface area contributed by atoms with Crippen molar-refractivity contribution in [2.45, 2.75) is 52.2 Å². The first-order valence-corrected chi connectivity index (χ1v) is 11.5. The second-order valence-electron chi connectivity index (χ2n) is 9.09. The number of aryl methyl sites for hydroxylation is 1. The average Bonchev–Trinajstić information content (AvgIpc) is 3.33. The zero-order valence-corrected chi connectivity index (χ0v) is 20.6. The number of hydrogen-bond donors (Lipinski definition) is 3. The summed E-state index contributed by atoms with van der Waals surface area (Å²) in [5.41, 5.74) is 1.76. The van der Waals surface area contributed by atoms with Crippen molar-refractivity contribution in [3.05, 3.63) is 34.4 Å². The lowest BCUT2D eigenvalue weighted by molar-refractivity contribution is 0.0500. The van der Waals surface area contributed by atoms with E-state index in [9.17, 15) is 9.59 Å². The van der Waals surface area contributed by atoms with E-state index in [1.54, 1.807) is 25.4 Å². The van der Waals surface area contributed by atoms with Crippen LogP contribution in [0, 0.1) is 6.92 Å². The molecule has 1 fully saturated rings. The van der Waals surface area contributed by atoms with Crippen LogP contribution in [0.5, 0.6) is 0 Å². The van der Waals surface area contributed by atoms with Crippen molar-refractivity contribution < 1.29 is 18.8 Å². The number of carbonyl (C=O) groups excluding carboxylic acids is 2. The van der Waals surface area contributed by atoms with Crippen molar-refractivity contribution in [2.24, 2.45) is 0 Å². The summed E-state index contributed by atoms with van der Waals surface area (Å²) in [6.45, 7) is 8.64. The third-order valence-corrected chi connectivity index (χ3v) is 5.78. The molecule has 1 saturated heterocycles. The molecule has 0 bridgehead atoms. The highest BCUT2D eigenvalue weighted by molar-refractivity contribution is 9.10. The number of H-pyrrole nitrogens is 1. The van der Waals surface area contributed by atoms with Crippen molar-refractivity contribution in [3.8, 4) is 0 Å². The average molecular weight is 519 g/mol. The fourth-order valence-corrected chi connectivity index (χ4v) is 4.45. The van der Waals surface area contributed by atoms with E-state index < -0.39 is 11.7 Å². The van der Waals surface area contributed by atoms with Crippen LogP contribution in [0.1, 0.15) is 49.9 Å². The highest BCUT2D eigenvalue weighted by Crippen LogP contribution is 2.39. The number of anilines is 2. The lowest BCUT2D eigenvalue weighted by Gasteiger charge is -2.36. The number of nitrogens with zero attached hydrogens (tertiary/aromatic N) is 3. The Balaban J connectivity index is 1.59. The van der Waals surface area contributed by atoms with Crippen molar-refractivity contribution in [3.63, 3.8) is 0 Å². The molecule has 10 nitrogen and oxygen atoms in total. The number of alkyl carbamates (subject to hydrolysis) is 1. The maximum Gasteiger partial charge on any atom is 0.407 e. The zero-order valence-electron chi connectivity index (χ0n) is 19.0. The third kappa shape index (κ3) is 5.29. The van der Waals surface area contributed by atoms with Crippen LogP contribution in [-0.2, 0) is 4.74 Å². The number of piperidine rings is 1. The highest BCUT2D eigenvalue weighted by Gasteiger charge is 2.28. The maximum absolute atomic E-state index is 12.7. The fourth-order valence-electron chi connectivity index (χ4n) is 3.90. The van der Waals surface area contributed by atoms with E-state index >= 15 is 0 Å². The summed E-state index contributed by atoms with van der Waals surface area (Å²) < 4.78 is 11.2. The highest BCUT2D eigenvalue weighted by atomic mass is 79.9. The molecule has 33 heavy (non-hydrogen) atoms. The molecule has 0 aliphatic carbocycles. The minimum Gasteiger partial charge on any atom is -0.444 e. The first-order valence-electron chi connectivity index (χ1n) is 10.8. The van der Waals surface area contributed by atoms with Gasteiger partial charge in [0.15, 0.2) is 5.69 Å². The minimum absolute atomic E-state index is 0.0706. The number of fused-ring (bicyclic) bond motifs is 1. The Labute approximate surface area is 199 Å². The first kappa shape index (κ1) is 23.1. The van der Waals surface area contributed by atoms with E-state index in [1.807, 2.05) is 20.8 Å². The smallest absolute Gasteiger partial charge is 0.407 e. The van der Waals surface area contributed by atoms with E-state index in [1.165, 1.54) is 0 Å². The summed E-state index contributed by atoms with van der Waals surface area (Å²) in [6.07, 6.45) is 4.75. The van der Waals surface area contributed by atoms with Crippen LogP contribution < -0.4 is 15.5 Å². The number of hydrogen-bond acceptors (Lipinski definition) is 7. The van der Waals surface area contributed by atoms with Crippen molar-refractivity contribution in [1.82, 2.24) is 20.4 Å². The quantitative estimate of drug-likeness (QED) is 0.468. The molecule has 2 amide bonds. The predicted octanol–water partition coefficient (Wildman–Crippen LogP) is 4.37. The van der Waals surface area contributed by atoms with Gasteiger partial charge in [-0.2, -0.15) is 0 Å². The molecule has 1 atom stereocenters. The number of rotatable bonds is 4. The van der Waals surface area contributed by atoms with Gasteiger partial charge in [-0.15, -0.1) is 0 Å². The van der Waals surface area contributed by atoms with Crippen LogP contribution in [0.15, 0.2) is 27.5 Å². The van der Waals surface area contributed by atoms with Gasteiger partial charge in [-0.25, -0.2) is 9.78 Å². The molecule has 4 heterocycles. The van der Waals surface area contributed by atoms with Gasteiger partial charge in [0.25, 0.3) is 5.91 Å². The topological polar surface area (TPSA) is 125 Å². The largest absolute Gasteiger partial charge is 0.444 e. The second kappa shape index (κ2) is 9.05. The summed E-state index contributed by atoms with van der Waals surface area (Å²) in [4.78, 5) is 34.7. The number of ether oxygens (including phenoxy) is 1. The Bertz CT molecular complexity index is 1180. The molecule has 0 unspecified atom stereocenters. The lowest BCUT2D eigenvalue weighted by Crippen LogP contribution is -2.49. The summed E-state index contributed by atoms with van der Waals surface area (Å²) >= 11 is 3.63. The Morgan fingerprint density at radius 1 is 1.36 bits per heavy atom. The van der Waals surface area contributed by atoms with Gasteiger partial charge < -0.3 is 29.8 Å². The van der Waals surface area contributed by atoms with Crippen molar-refractivity contribution >= 4 is 50.3 Å². The molecule has 176 valence electrons. The first-order chi connectivity index (χ1) is 15.6. The van der Waals surface area contributed by atoms with Crippen LogP contribution in [0.4, 0.5) is 16.2 Å². The van der Waals surface area contributed by atoms with E-state index in [4.69, 9.17) is 9.26 Å². The molecular weight excluding hydrogens is 492 g/mol. The SMILES string of the molecule is Cc1cc(C(=O)Nc2c[nH]c3ncc(Br)c(N4CCC[C@@H](NC(=O)OC(C)(C)C)C4)c23)no1. The fraction of sp³-hybridized carbons (Fsp3) is 0.455. The van der Waals surface area contributed by atoms with Crippen molar-refractivity contribution in [1.29, 1.82) is 0 Å². The van der Waals surface area contributed by atoms with E-state index in [0.29, 0.717) is 23.6 Å². The van der Waals surface area contributed by atoms with Crippen LogP contribution >= 0.6 is 15.9 Å². The van der Waals surface area contributed by atoms with Gasteiger partial charge in [0.2, 0.25) is 0 Å². The monoisotopic (exact) mass is 518 g/mol. The van der Waals surface area contributed by atoms with Crippen LogP contribution in [0.25, 0.3) is 11.0 Å².